The molecule has 24 heavy (non-hydrogen) atoms. The Morgan fingerprint density at radius 3 is 2.62 bits per heavy atom. The molecule has 124 valence electrons. The van der Waals surface area contributed by atoms with Gasteiger partial charge in [0.15, 0.2) is 0 Å². The largest absolute Gasteiger partial charge is 0.337 e. The highest BCUT2D eigenvalue weighted by molar-refractivity contribution is 6.31. The molecule has 5 heteroatoms. The fourth-order valence-electron chi connectivity index (χ4n) is 2.49. The Kier molecular flexibility index (Phi) is 4.86. The molecule has 0 heterocycles. The van der Waals surface area contributed by atoms with Crippen LogP contribution in [-0.4, -0.2) is 23.8 Å². The van der Waals surface area contributed by atoms with Gasteiger partial charge in [-0.3, -0.25) is 9.59 Å². The predicted octanol–water partition coefficient (Wildman–Crippen LogP) is 3.96. The van der Waals surface area contributed by atoms with Crippen LogP contribution in [-0.2, 0) is 11.3 Å². The van der Waals surface area contributed by atoms with Crippen molar-refractivity contribution in [2.75, 3.05) is 12.4 Å². The second-order valence-electron chi connectivity index (χ2n) is 6.10. The van der Waals surface area contributed by atoms with Crippen LogP contribution in [0.15, 0.2) is 48.5 Å². The Hall–Kier alpha value is -2.33. The first-order valence-electron chi connectivity index (χ1n) is 7.94. The quantitative estimate of drug-likeness (QED) is 0.894. The molecule has 0 radical (unpaired) electrons. The Balaban J connectivity index is 1.69. The maximum Gasteiger partial charge on any atom is 0.253 e. The van der Waals surface area contributed by atoms with E-state index in [4.69, 9.17) is 11.6 Å². The van der Waals surface area contributed by atoms with Crippen LogP contribution in [0, 0.1) is 5.92 Å². The first-order chi connectivity index (χ1) is 11.5. The zero-order valence-electron chi connectivity index (χ0n) is 13.5. The number of hydrogen-bond acceptors (Lipinski definition) is 2. The number of nitrogens with one attached hydrogen (secondary N) is 1. The SMILES string of the molecule is CN(Cc1ccccc1Cl)C(=O)c1cccc(NC(=O)C2CC2)c1. The maximum atomic E-state index is 12.6. The number of carbonyl (C=O) groups excluding carboxylic acids is 2. The number of carbonyl (C=O) groups is 2. The number of halogens is 1. The Bertz CT molecular complexity index is 771. The van der Waals surface area contributed by atoms with Crippen molar-refractivity contribution >= 4 is 29.1 Å². The highest BCUT2D eigenvalue weighted by atomic mass is 35.5. The van der Waals surface area contributed by atoms with Gasteiger partial charge in [-0.1, -0.05) is 35.9 Å². The summed E-state index contributed by atoms with van der Waals surface area (Å²) in [6, 6.07) is 14.5. The molecule has 0 spiro atoms. The monoisotopic (exact) mass is 342 g/mol. The maximum absolute atomic E-state index is 12.6. The van der Waals surface area contributed by atoms with E-state index in [1.54, 1.807) is 36.2 Å². The first kappa shape index (κ1) is 16.5. The summed E-state index contributed by atoms with van der Waals surface area (Å²) in [7, 11) is 1.74. The Morgan fingerprint density at radius 2 is 1.92 bits per heavy atom. The molecule has 0 saturated heterocycles. The lowest BCUT2D eigenvalue weighted by molar-refractivity contribution is -0.117. The molecule has 0 aliphatic heterocycles. The average Bonchev–Trinajstić information content (AvgIpc) is 3.41. The molecule has 1 fully saturated rings. The van der Waals surface area contributed by atoms with E-state index in [0.29, 0.717) is 22.8 Å². The minimum atomic E-state index is -0.113. The van der Waals surface area contributed by atoms with Crippen LogP contribution in [0.1, 0.15) is 28.8 Å². The molecule has 2 amide bonds. The average molecular weight is 343 g/mol. The number of amides is 2. The van der Waals surface area contributed by atoms with Crippen molar-refractivity contribution in [1.29, 1.82) is 0 Å². The minimum absolute atomic E-state index is 0.0315. The van der Waals surface area contributed by atoms with Crippen molar-refractivity contribution in [3.63, 3.8) is 0 Å². The molecule has 1 aliphatic rings. The van der Waals surface area contributed by atoms with E-state index in [9.17, 15) is 9.59 Å². The molecule has 4 nitrogen and oxygen atoms in total. The molecule has 2 aromatic carbocycles. The molecule has 0 unspecified atom stereocenters. The van der Waals surface area contributed by atoms with Gasteiger partial charge in [0.05, 0.1) is 0 Å². The number of hydrogen-bond donors (Lipinski definition) is 1. The molecule has 3 rings (SSSR count). The zero-order valence-corrected chi connectivity index (χ0v) is 14.2. The summed E-state index contributed by atoms with van der Waals surface area (Å²) in [4.78, 5) is 26.1. The summed E-state index contributed by atoms with van der Waals surface area (Å²) >= 11 is 6.15. The molecular formula is C19H19ClN2O2. The molecule has 0 bridgehead atoms. The summed E-state index contributed by atoms with van der Waals surface area (Å²) < 4.78 is 0. The fourth-order valence-corrected chi connectivity index (χ4v) is 2.69. The van der Waals surface area contributed by atoms with Gasteiger partial charge in [0.25, 0.3) is 5.91 Å². The third-order valence-electron chi connectivity index (χ3n) is 4.04. The van der Waals surface area contributed by atoms with Crippen LogP contribution in [0.3, 0.4) is 0 Å². The minimum Gasteiger partial charge on any atom is -0.337 e. The van der Waals surface area contributed by atoms with E-state index >= 15 is 0 Å². The van der Waals surface area contributed by atoms with E-state index < -0.39 is 0 Å². The van der Waals surface area contributed by atoms with E-state index in [1.165, 1.54) is 0 Å². The van der Waals surface area contributed by atoms with Gasteiger partial charge in [-0.2, -0.15) is 0 Å². The van der Waals surface area contributed by atoms with Crippen molar-refractivity contribution in [2.45, 2.75) is 19.4 Å². The van der Waals surface area contributed by atoms with E-state index in [-0.39, 0.29) is 17.7 Å². The predicted molar refractivity (Wildman–Crippen MR) is 95.0 cm³/mol. The summed E-state index contributed by atoms with van der Waals surface area (Å²) in [6.07, 6.45) is 1.90. The van der Waals surface area contributed by atoms with Crippen LogP contribution in [0.5, 0.6) is 0 Å². The van der Waals surface area contributed by atoms with Crippen LogP contribution in [0.25, 0.3) is 0 Å². The van der Waals surface area contributed by atoms with E-state index in [2.05, 4.69) is 5.32 Å². The lowest BCUT2D eigenvalue weighted by Gasteiger charge is -2.18. The normalized spacial score (nSPS) is 13.4. The van der Waals surface area contributed by atoms with Crippen LogP contribution >= 0.6 is 11.6 Å². The van der Waals surface area contributed by atoms with Gasteiger partial charge in [0.2, 0.25) is 5.91 Å². The first-order valence-corrected chi connectivity index (χ1v) is 8.32. The highest BCUT2D eigenvalue weighted by Gasteiger charge is 2.29. The summed E-state index contributed by atoms with van der Waals surface area (Å²) in [5.74, 6) is 0.0497. The van der Waals surface area contributed by atoms with Crippen molar-refractivity contribution in [1.82, 2.24) is 4.90 Å². The number of nitrogens with zero attached hydrogens (tertiary/aromatic N) is 1. The molecule has 0 aromatic heterocycles. The molecule has 1 N–H and O–H groups in total. The second-order valence-corrected chi connectivity index (χ2v) is 6.50. The van der Waals surface area contributed by atoms with Gasteiger partial charge < -0.3 is 10.2 Å². The number of anilines is 1. The van der Waals surface area contributed by atoms with Gasteiger partial charge in [0, 0.05) is 35.8 Å². The van der Waals surface area contributed by atoms with Crippen molar-refractivity contribution in [2.24, 2.45) is 5.92 Å². The van der Waals surface area contributed by atoms with E-state index in [0.717, 1.165) is 18.4 Å². The standard InChI is InChI=1S/C19H19ClN2O2/c1-22(12-15-5-2-3-8-17(15)20)19(24)14-6-4-7-16(11-14)21-18(23)13-9-10-13/h2-8,11,13H,9-10,12H2,1H3,(H,21,23). The summed E-state index contributed by atoms with van der Waals surface area (Å²) in [5.41, 5.74) is 2.09. The van der Waals surface area contributed by atoms with Gasteiger partial charge in [0.1, 0.15) is 0 Å². The van der Waals surface area contributed by atoms with Gasteiger partial charge in [-0.05, 0) is 42.7 Å². The van der Waals surface area contributed by atoms with E-state index in [1.807, 2.05) is 24.3 Å². The summed E-state index contributed by atoms with van der Waals surface area (Å²) in [6.45, 7) is 0.428. The van der Waals surface area contributed by atoms with Crippen molar-refractivity contribution in [3.8, 4) is 0 Å². The van der Waals surface area contributed by atoms with Crippen LogP contribution in [0.4, 0.5) is 5.69 Å². The number of rotatable bonds is 5. The topological polar surface area (TPSA) is 49.4 Å². The second kappa shape index (κ2) is 7.05. The molecule has 1 saturated carbocycles. The van der Waals surface area contributed by atoms with Crippen LogP contribution in [0.2, 0.25) is 5.02 Å². The number of benzene rings is 2. The zero-order chi connectivity index (χ0) is 17.1. The van der Waals surface area contributed by atoms with Gasteiger partial charge in [-0.25, -0.2) is 0 Å². The fraction of sp³-hybridized carbons (Fsp3) is 0.263. The lowest BCUT2D eigenvalue weighted by Crippen LogP contribution is -2.26. The van der Waals surface area contributed by atoms with Crippen molar-refractivity contribution < 1.29 is 9.59 Å². The Labute approximate surface area is 146 Å². The lowest BCUT2D eigenvalue weighted by atomic mass is 10.1. The molecule has 2 aromatic rings. The smallest absolute Gasteiger partial charge is 0.253 e. The van der Waals surface area contributed by atoms with Gasteiger partial charge >= 0.3 is 0 Å². The molecule has 0 atom stereocenters. The van der Waals surface area contributed by atoms with Gasteiger partial charge in [-0.15, -0.1) is 0 Å². The van der Waals surface area contributed by atoms with Crippen molar-refractivity contribution in [3.05, 3.63) is 64.7 Å². The highest BCUT2D eigenvalue weighted by Crippen LogP contribution is 2.30. The third kappa shape index (κ3) is 3.95. The Morgan fingerprint density at radius 1 is 1.17 bits per heavy atom. The molecular weight excluding hydrogens is 324 g/mol. The summed E-state index contributed by atoms with van der Waals surface area (Å²) in [5, 5.41) is 3.51. The molecule has 1 aliphatic carbocycles. The van der Waals surface area contributed by atoms with Crippen LogP contribution < -0.4 is 5.32 Å². The third-order valence-corrected chi connectivity index (χ3v) is 4.41.